The van der Waals surface area contributed by atoms with Crippen molar-refractivity contribution in [3.05, 3.63) is 82.7 Å². The summed E-state index contributed by atoms with van der Waals surface area (Å²) in [5, 5.41) is 16.9. The molecule has 0 fully saturated rings. The van der Waals surface area contributed by atoms with Gasteiger partial charge in [-0.3, -0.25) is 14.8 Å². The van der Waals surface area contributed by atoms with Crippen molar-refractivity contribution in [2.24, 2.45) is 0 Å². The molecule has 1 N–H and O–H groups in total. The second-order valence-corrected chi connectivity index (χ2v) is 7.95. The maximum absolute atomic E-state index is 12.7. The Kier molecular flexibility index (Phi) is 5.22. The first-order valence-corrected chi connectivity index (χ1v) is 10.1. The Bertz CT molecular complexity index is 1160. The third-order valence-corrected chi connectivity index (χ3v) is 5.65. The average Bonchev–Trinajstić information content (AvgIpc) is 3.30. The number of benzene rings is 2. The fourth-order valence-corrected chi connectivity index (χ4v) is 4.01. The quantitative estimate of drug-likeness (QED) is 0.527. The molecule has 4 aromatic rings. The number of carbonyl (C=O) groups is 1. The maximum atomic E-state index is 12.7. The van der Waals surface area contributed by atoms with Gasteiger partial charge in [0.15, 0.2) is 0 Å². The lowest BCUT2D eigenvalue weighted by Gasteiger charge is -2.05. The van der Waals surface area contributed by atoms with E-state index in [1.54, 1.807) is 6.20 Å². The number of aryl methyl sites for hydroxylation is 2. The molecular weight excluding hydrogens is 382 g/mol. The van der Waals surface area contributed by atoms with E-state index in [-0.39, 0.29) is 5.91 Å². The van der Waals surface area contributed by atoms with E-state index in [1.807, 2.05) is 61.0 Å². The summed E-state index contributed by atoms with van der Waals surface area (Å²) in [7, 11) is 0. The molecule has 0 bridgehead atoms. The van der Waals surface area contributed by atoms with Crippen LogP contribution in [-0.4, -0.2) is 25.9 Å². The minimum atomic E-state index is -0.231. The molecule has 0 unspecified atom stereocenters. The Morgan fingerprint density at radius 3 is 2.62 bits per heavy atom. The van der Waals surface area contributed by atoms with Gasteiger partial charge in [-0.25, -0.2) is 0 Å². The van der Waals surface area contributed by atoms with E-state index in [9.17, 15) is 4.79 Å². The largest absolute Gasteiger partial charge is 0.296 e. The van der Waals surface area contributed by atoms with Crippen LogP contribution < -0.4 is 5.32 Å². The van der Waals surface area contributed by atoms with Gasteiger partial charge in [-0.15, -0.1) is 10.2 Å². The number of rotatable bonds is 5. The molecule has 0 aliphatic rings. The van der Waals surface area contributed by atoms with E-state index in [4.69, 9.17) is 0 Å². The van der Waals surface area contributed by atoms with Crippen molar-refractivity contribution in [3.63, 3.8) is 0 Å². The Balaban J connectivity index is 1.50. The lowest BCUT2D eigenvalue weighted by atomic mass is 10.1. The normalized spacial score (nSPS) is 10.9. The zero-order valence-electron chi connectivity index (χ0n) is 16.5. The van der Waals surface area contributed by atoms with Gasteiger partial charge in [-0.2, -0.15) is 5.10 Å². The standard InChI is InChI=1S/C22H21N5OS/c1-14-9-10-18(15(2)11-14)21-25-26-22(29-21)24-20(28)19-12-23-27(16(19)3)13-17-7-5-4-6-8-17/h4-12H,13H2,1-3H3,(H,24,26,28). The van der Waals surface area contributed by atoms with Crippen LogP contribution in [0, 0.1) is 20.8 Å². The molecule has 0 radical (unpaired) electrons. The number of anilines is 1. The Hall–Kier alpha value is -3.32. The summed E-state index contributed by atoms with van der Waals surface area (Å²) in [5.41, 5.74) is 5.84. The second kappa shape index (κ2) is 7.97. The summed E-state index contributed by atoms with van der Waals surface area (Å²) < 4.78 is 1.82. The van der Waals surface area contributed by atoms with E-state index in [0.29, 0.717) is 17.2 Å². The Labute approximate surface area is 173 Å². The van der Waals surface area contributed by atoms with Crippen molar-refractivity contribution in [2.75, 3.05) is 5.32 Å². The highest BCUT2D eigenvalue weighted by Gasteiger charge is 2.17. The van der Waals surface area contributed by atoms with Crippen molar-refractivity contribution in [2.45, 2.75) is 27.3 Å². The molecule has 0 aliphatic carbocycles. The first-order valence-electron chi connectivity index (χ1n) is 9.30. The van der Waals surface area contributed by atoms with Gasteiger partial charge < -0.3 is 0 Å². The first-order chi connectivity index (χ1) is 14.0. The van der Waals surface area contributed by atoms with Crippen LogP contribution in [0.1, 0.15) is 32.7 Å². The first kappa shape index (κ1) is 19.0. The summed E-state index contributed by atoms with van der Waals surface area (Å²) in [6.07, 6.45) is 1.60. The molecule has 4 rings (SSSR count). The van der Waals surface area contributed by atoms with Crippen LogP contribution in [0.3, 0.4) is 0 Å². The zero-order valence-corrected chi connectivity index (χ0v) is 17.3. The van der Waals surface area contributed by atoms with Crippen LogP contribution in [0.4, 0.5) is 5.13 Å². The predicted molar refractivity (Wildman–Crippen MR) is 115 cm³/mol. The Morgan fingerprint density at radius 2 is 1.86 bits per heavy atom. The fraction of sp³-hybridized carbons (Fsp3) is 0.182. The van der Waals surface area contributed by atoms with E-state index in [1.165, 1.54) is 16.9 Å². The van der Waals surface area contributed by atoms with Crippen LogP contribution >= 0.6 is 11.3 Å². The van der Waals surface area contributed by atoms with Crippen LogP contribution in [0.5, 0.6) is 0 Å². The highest BCUT2D eigenvalue weighted by molar-refractivity contribution is 7.18. The molecule has 146 valence electrons. The highest BCUT2D eigenvalue weighted by Crippen LogP contribution is 2.29. The topological polar surface area (TPSA) is 72.7 Å². The lowest BCUT2D eigenvalue weighted by molar-refractivity contribution is 0.102. The van der Waals surface area contributed by atoms with Crippen molar-refractivity contribution in [3.8, 4) is 10.6 Å². The molecule has 1 amide bonds. The van der Waals surface area contributed by atoms with Crippen LogP contribution in [0.25, 0.3) is 10.6 Å². The third kappa shape index (κ3) is 4.09. The van der Waals surface area contributed by atoms with Gasteiger partial charge >= 0.3 is 0 Å². The maximum Gasteiger partial charge on any atom is 0.260 e. The minimum absolute atomic E-state index is 0.231. The fourth-order valence-electron chi connectivity index (χ4n) is 3.19. The highest BCUT2D eigenvalue weighted by atomic mass is 32.1. The van der Waals surface area contributed by atoms with Crippen molar-refractivity contribution >= 4 is 22.4 Å². The van der Waals surface area contributed by atoms with Crippen molar-refractivity contribution in [1.82, 2.24) is 20.0 Å². The molecule has 0 saturated heterocycles. The molecule has 7 heteroatoms. The monoisotopic (exact) mass is 403 g/mol. The molecule has 0 aliphatic heterocycles. The van der Waals surface area contributed by atoms with Crippen LogP contribution in [-0.2, 0) is 6.54 Å². The van der Waals surface area contributed by atoms with E-state index >= 15 is 0 Å². The molecule has 2 aromatic heterocycles. The van der Waals surface area contributed by atoms with Gasteiger partial charge in [0.05, 0.1) is 18.3 Å². The molecule has 29 heavy (non-hydrogen) atoms. The van der Waals surface area contributed by atoms with Crippen molar-refractivity contribution in [1.29, 1.82) is 0 Å². The molecule has 6 nitrogen and oxygen atoms in total. The summed E-state index contributed by atoms with van der Waals surface area (Å²) in [4.78, 5) is 12.7. The van der Waals surface area contributed by atoms with Crippen LogP contribution in [0.15, 0.2) is 54.7 Å². The third-order valence-electron chi connectivity index (χ3n) is 4.78. The summed E-state index contributed by atoms with van der Waals surface area (Å²) >= 11 is 1.36. The summed E-state index contributed by atoms with van der Waals surface area (Å²) in [6.45, 7) is 6.62. The predicted octanol–water partition coefficient (Wildman–Crippen LogP) is 4.63. The Morgan fingerprint density at radius 1 is 1.07 bits per heavy atom. The molecular formula is C22H21N5OS. The SMILES string of the molecule is Cc1ccc(-c2nnc(NC(=O)c3cnn(Cc4ccccc4)c3C)s2)c(C)c1. The number of carbonyl (C=O) groups excluding carboxylic acids is 1. The number of amides is 1. The minimum Gasteiger partial charge on any atom is -0.296 e. The smallest absolute Gasteiger partial charge is 0.260 e. The zero-order chi connectivity index (χ0) is 20.4. The van der Waals surface area contributed by atoms with Gasteiger partial charge in [-0.1, -0.05) is 65.4 Å². The van der Waals surface area contributed by atoms with Gasteiger partial charge in [0.25, 0.3) is 5.91 Å². The number of nitrogens with one attached hydrogen (secondary N) is 1. The molecule has 0 atom stereocenters. The van der Waals surface area contributed by atoms with E-state index in [0.717, 1.165) is 27.4 Å². The van der Waals surface area contributed by atoms with E-state index in [2.05, 4.69) is 33.6 Å². The number of aromatic nitrogens is 4. The summed E-state index contributed by atoms with van der Waals surface area (Å²) in [6, 6.07) is 16.2. The number of nitrogens with zero attached hydrogens (tertiary/aromatic N) is 4. The molecule has 2 heterocycles. The number of hydrogen-bond donors (Lipinski definition) is 1. The lowest BCUT2D eigenvalue weighted by Crippen LogP contribution is -2.13. The van der Waals surface area contributed by atoms with E-state index < -0.39 is 0 Å². The number of hydrogen-bond acceptors (Lipinski definition) is 5. The average molecular weight is 404 g/mol. The molecule has 0 saturated carbocycles. The van der Waals surface area contributed by atoms with Crippen molar-refractivity contribution < 1.29 is 4.79 Å². The van der Waals surface area contributed by atoms with Gasteiger partial charge in [0.2, 0.25) is 5.13 Å². The van der Waals surface area contributed by atoms with Gasteiger partial charge in [0, 0.05) is 11.3 Å². The van der Waals surface area contributed by atoms with Gasteiger partial charge in [-0.05, 0) is 31.9 Å². The second-order valence-electron chi connectivity index (χ2n) is 6.97. The molecule has 2 aromatic carbocycles. The van der Waals surface area contributed by atoms with Gasteiger partial charge in [0.1, 0.15) is 5.01 Å². The molecule has 0 spiro atoms. The summed E-state index contributed by atoms with van der Waals surface area (Å²) in [5.74, 6) is -0.231. The van der Waals surface area contributed by atoms with Crippen LogP contribution in [0.2, 0.25) is 0 Å².